The van der Waals surface area contributed by atoms with Crippen LogP contribution in [0.3, 0.4) is 0 Å². The molecule has 0 aromatic heterocycles. The average Bonchev–Trinajstić information content (AvgIpc) is 1.99. The van der Waals surface area contributed by atoms with Crippen molar-refractivity contribution < 1.29 is 20.9 Å². The molecule has 0 radical (unpaired) electrons. The van der Waals surface area contributed by atoms with E-state index in [4.69, 9.17) is 17.2 Å². The van der Waals surface area contributed by atoms with Crippen LogP contribution in [0, 0.1) is 0 Å². The van der Waals surface area contributed by atoms with E-state index in [9.17, 15) is 0 Å². The van der Waals surface area contributed by atoms with Gasteiger partial charge >= 0.3 is 50.5 Å². The SMILES string of the molecule is CC(C)(C)[N]=[Ta].CC(C)[NH-].CC(C)[NH-].CC(C)[NH-]. The molecule has 0 amide bonds. The van der Waals surface area contributed by atoms with Crippen LogP contribution in [-0.4, -0.2) is 23.7 Å². The fraction of sp³-hybridized carbons (Fsp3) is 1.00. The fourth-order valence-electron chi connectivity index (χ4n) is 0. The summed E-state index contributed by atoms with van der Waals surface area (Å²) in [6.45, 7) is 17.3. The van der Waals surface area contributed by atoms with Gasteiger partial charge in [0.1, 0.15) is 0 Å². The van der Waals surface area contributed by atoms with Crippen LogP contribution in [0.4, 0.5) is 0 Å². The quantitative estimate of drug-likeness (QED) is 0.465. The Morgan fingerprint density at radius 3 is 0.778 bits per heavy atom. The number of hydrogen-bond donors (Lipinski definition) is 0. The Hall–Kier alpha value is 0.420. The molecule has 0 rings (SSSR count). The van der Waals surface area contributed by atoms with Crippen molar-refractivity contribution in [1.82, 2.24) is 0 Å². The van der Waals surface area contributed by atoms with E-state index in [1.807, 2.05) is 41.5 Å². The summed E-state index contributed by atoms with van der Waals surface area (Å²) in [6, 6.07) is 0.250. The average molecular weight is 426 g/mol. The second-order valence-corrected chi connectivity index (χ2v) is 6.45. The number of nitrogens with zero attached hydrogens (tertiary/aromatic N) is 1. The summed E-state index contributed by atoms with van der Waals surface area (Å²) in [6.07, 6.45) is 0. The van der Waals surface area contributed by atoms with Gasteiger partial charge in [0, 0.05) is 0 Å². The van der Waals surface area contributed by atoms with E-state index in [2.05, 4.69) is 24.1 Å². The summed E-state index contributed by atoms with van der Waals surface area (Å²) in [7, 11) is 0. The first-order valence-corrected chi connectivity index (χ1v) is 7.69. The van der Waals surface area contributed by atoms with Gasteiger partial charge in [-0.05, 0) is 0 Å². The van der Waals surface area contributed by atoms with Crippen LogP contribution in [-0.2, 0) is 20.9 Å². The van der Waals surface area contributed by atoms with Crippen LogP contribution in [0.15, 0.2) is 3.34 Å². The minimum Gasteiger partial charge on any atom is -0.675 e. The molecule has 4 nitrogen and oxygen atoms in total. The molecule has 18 heavy (non-hydrogen) atoms. The van der Waals surface area contributed by atoms with Gasteiger partial charge in [-0.1, -0.05) is 41.5 Å². The van der Waals surface area contributed by atoms with E-state index in [1.165, 1.54) is 0 Å². The van der Waals surface area contributed by atoms with Gasteiger partial charge in [-0.2, -0.15) is 0 Å². The zero-order valence-corrected chi connectivity index (χ0v) is 16.8. The molecule has 0 aliphatic carbocycles. The van der Waals surface area contributed by atoms with Crippen molar-refractivity contribution in [2.75, 3.05) is 0 Å². The van der Waals surface area contributed by atoms with E-state index in [0.29, 0.717) is 0 Å². The molecule has 0 spiro atoms. The summed E-state index contributed by atoms with van der Waals surface area (Å²) >= 11 is 1.15. The molecule has 0 atom stereocenters. The summed E-state index contributed by atoms with van der Waals surface area (Å²) in [5.74, 6) is 0. The first-order chi connectivity index (χ1) is 7.76. The zero-order chi connectivity index (χ0) is 15.9. The molecule has 0 aliphatic rings. The third kappa shape index (κ3) is 334. The maximum absolute atomic E-state index is 6.58. The molecular formula is C13H33N4Ta-3. The summed E-state index contributed by atoms with van der Waals surface area (Å²) in [5, 5.41) is 0. The molecule has 113 valence electrons. The van der Waals surface area contributed by atoms with Crippen molar-refractivity contribution in [2.24, 2.45) is 3.34 Å². The molecule has 0 aromatic rings. The molecule has 5 heteroatoms. The van der Waals surface area contributed by atoms with Gasteiger partial charge in [0.2, 0.25) is 0 Å². The van der Waals surface area contributed by atoms with Crippen molar-refractivity contribution in [3.05, 3.63) is 17.2 Å². The molecule has 0 heterocycles. The van der Waals surface area contributed by atoms with Gasteiger partial charge in [-0.3, -0.25) is 0 Å². The largest absolute Gasteiger partial charge is 0.675 e. The fourth-order valence-corrected chi connectivity index (χ4v) is 0. The maximum atomic E-state index is 6.58. The third-order valence-corrected chi connectivity index (χ3v) is 2.46. The normalized spacial score (nSPS) is 9.67. The molecule has 0 saturated carbocycles. The Bertz CT molecular complexity index is 129. The predicted octanol–water partition coefficient (Wildman–Crippen LogP) is 5.86. The van der Waals surface area contributed by atoms with Gasteiger partial charge in [0.15, 0.2) is 0 Å². The standard InChI is InChI=1S/C4H9N.3C3H8N.Ta/c1-4(2,3)5;3*1-3(2)4;/h1-3H3;3*3-4H,1-2H3;/q;3*-1;. The second-order valence-electron chi connectivity index (χ2n) is 5.73. The van der Waals surface area contributed by atoms with Gasteiger partial charge in [0.05, 0.1) is 0 Å². The molecule has 0 bridgehead atoms. The van der Waals surface area contributed by atoms with Crippen molar-refractivity contribution in [2.45, 2.75) is 86.0 Å². The molecule has 3 N–H and O–H groups in total. The Balaban J connectivity index is -0.0000000742. The summed E-state index contributed by atoms with van der Waals surface area (Å²) in [4.78, 5) is 0. The number of nitrogens with one attached hydrogen (secondary N) is 3. The molecule has 0 aliphatic heterocycles. The van der Waals surface area contributed by atoms with Gasteiger partial charge < -0.3 is 17.2 Å². The van der Waals surface area contributed by atoms with Crippen LogP contribution in [0.2, 0.25) is 0 Å². The molecule has 0 fully saturated rings. The first-order valence-electron chi connectivity index (χ1n) is 6.25. The van der Waals surface area contributed by atoms with Crippen LogP contribution in [0.25, 0.3) is 17.2 Å². The summed E-state index contributed by atoms with van der Waals surface area (Å²) < 4.78 is 4.13. The van der Waals surface area contributed by atoms with Crippen molar-refractivity contribution in [1.29, 1.82) is 0 Å². The maximum Gasteiger partial charge on any atom is -0.0820 e. The minimum atomic E-state index is 0.0833. The van der Waals surface area contributed by atoms with E-state index >= 15 is 0 Å². The van der Waals surface area contributed by atoms with E-state index in [0.717, 1.165) is 20.9 Å². The summed E-state index contributed by atoms with van der Waals surface area (Å²) in [5.41, 5.74) is 20.0. The van der Waals surface area contributed by atoms with E-state index < -0.39 is 0 Å². The Labute approximate surface area is 127 Å². The Morgan fingerprint density at radius 1 is 0.722 bits per heavy atom. The third-order valence-electron chi connectivity index (χ3n) is 0.300. The van der Waals surface area contributed by atoms with Crippen LogP contribution in [0.5, 0.6) is 0 Å². The van der Waals surface area contributed by atoms with Crippen molar-refractivity contribution in [3.8, 4) is 0 Å². The van der Waals surface area contributed by atoms with Gasteiger partial charge in [-0.15, -0.1) is 18.1 Å². The van der Waals surface area contributed by atoms with Crippen LogP contribution < -0.4 is 0 Å². The van der Waals surface area contributed by atoms with Gasteiger partial charge in [0.25, 0.3) is 0 Å². The minimum absolute atomic E-state index is 0.0833. The second kappa shape index (κ2) is 17.4. The van der Waals surface area contributed by atoms with Crippen molar-refractivity contribution >= 4 is 0 Å². The predicted molar refractivity (Wildman–Crippen MR) is 80.6 cm³/mol. The van der Waals surface area contributed by atoms with Crippen molar-refractivity contribution in [3.63, 3.8) is 0 Å². The molecule has 0 saturated heterocycles. The number of hydrogen-bond acceptors (Lipinski definition) is 1. The molecule has 0 unspecified atom stereocenters. The first kappa shape index (κ1) is 26.9. The smallest absolute Gasteiger partial charge is 0.0820 e. The van der Waals surface area contributed by atoms with E-state index in [1.54, 1.807) is 0 Å². The monoisotopic (exact) mass is 426 g/mol. The van der Waals surface area contributed by atoms with Gasteiger partial charge in [-0.25, -0.2) is 0 Å². The topological polar surface area (TPSA) is 83.8 Å². The Morgan fingerprint density at radius 2 is 0.778 bits per heavy atom. The number of rotatable bonds is 0. The van der Waals surface area contributed by atoms with Crippen LogP contribution >= 0.6 is 0 Å². The van der Waals surface area contributed by atoms with E-state index in [-0.39, 0.29) is 23.7 Å². The molecular weight excluding hydrogens is 393 g/mol. The molecule has 0 aromatic carbocycles. The zero-order valence-electron chi connectivity index (χ0n) is 13.6. The van der Waals surface area contributed by atoms with Crippen LogP contribution in [0.1, 0.15) is 62.3 Å². The Kier molecular flexibility index (Phi) is 26.0.